The molecule has 0 aliphatic carbocycles. The molecule has 1 heterocycles. The van der Waals surface area contributed by atoms with Crippen LogP contribution in [0.4, 0.5) is 0 Å². The van der Waals surface area contributed by atoms with Crippen molar-refractivity contribution in [1.82, 2.24) is 4.72 Å². The molecule has 1 aromatic rings. The van der Waals surface area contributed by atoms with E-state index < -0.39 is 10.0 Å². The maximum atomic E-state index is 11.5. The lowest BCUT2D eigenvalue weighted by atomic mass is 10.4. The number of nitrogens with one attached hydrogen (secondary N) is 1. The van der Waals surface area contributed by atoms with Crippen molar-refractivity contribution in [3.8, 4) is 0 Å². The van der Waals surface area contributed by atoms with Gasteiger partial charge in [0.05, 0.1) is 6.26 Å². The van der Waals surface area contributed by atoms with E-state index in [0.29, 0.717) is 5.56 Å². The Morgan fingerprint density at radius 1 is 1.46 bits per heavy atom. The quantitative estimate of drug-likeness (QED) is 0.804. The number of furan rings is 1. The number of aryl methyl sites for hydroxylation is 1. The molecule has 0 bridgehead atoms. The second-order valence-corrected chi connectivity index (χ2v) is 4.78. The number of hydrogen-bond acceptors (Lipinski definition) is 3. The highest BCUT2D eigenvalue weighted by atomic mass is 32.2. The lowest BCUT2D eigenvalue weighted by molar-refractivity contribution is 0.440. The van der Waals surface area contributed by atoms with Gasteiger partial charge >= 0.3 is 0 Å². The van der Waals surface area contributed by atoms with Gasteiger partial charge in [0, 0.05) is 11.6 Å². The van der Waals surface area contributed by atoms with Crippen molar-refractivity contribution in [2.75, 3.05) is 0 Å². The molecule has 0 aliphatic rings. The Bertz CT molecular complexity index is 378. The first kappa shape index (κ1) is 10.3. The first-order chi connectivity index (χ1) is 5.93. The SMILES string of the molecule is Cc1ccoc1S(=O)(=O)NC(C)C. The summed E-state index contributed by atoms with van der Waals surface area (Å²) in [5.41, 5.74) is 0.619. The van der Waals surface area contributed by atoms with Crippen molar-refractivity contribution in [3.05, 3.63) is 17.9 Å². The van der Waals surface area contributed by atoms with E-state index in [2.05, 4.69) is 4.72 Å². The van der Waals surface area contributed by atoms with Gasteiger partial charge in [-0.1, -0.05) is 0 Å². The number of hydrogen-bond donors (Lipinski definition) is 1. The van der Waals surface area contributed by atoms with Crippen LogP contribution in [-0.2, 0) is 10.0 Å². The van der Waals surface area contributed by atoms with Crippen LogP contribution in [0.2, 0.25) is 0 Å². The molecule has 0 spiro atoms. The van der Waals surface area contributed by atoms with Crippen LogP contribution >= 0.6 is 0 Å². The minimum absolute atomic E-state index is 0.00111. The Morgan fingerprint density at radius 2 is 2.08 bits per heavy atom. The van der Waals surface area contributed by atoms with Crippen molar-refractivity contribution in [2.24, 2.45) is 0 Å². The normalized spacial score (nSPS) is 12.3. The van der Waals surface area contributed by atoms with Gasteiger partial charge in [-0.15, -0.1) is 0 Å². The molecule has 4 nitrogen and oxygen atoms in total. The molecule has 1 aromatic heterocycles. The zero-order chi connectivity index (χ0) is 10.1. The maximum Gasteiger partial charge on any atom is 0.274 e. The Hall–Kier alpha value is -0.810. The van der Waals surface area contributed by atoms with Crippen LogP contribution in [0, 0.1) is 6.92 Å². The molecule has 5 heteroatoms. The second-order valence-electron chi connectivity index (χ2n) is 3.17. The van der Waals surface area contributed by atoms with Crippen LogP contribution in [0.1, 0.15) is 19.4 Å². The topological polar surface area (TPSA) is 59.3 Å². The van der Waals surface area contributed by atoms with E-state index >= 15 is 0 Å². The summed E-state index contributed by atoms with van der Waals surface area (Å²) in [6.45, 7) is 5.21. The zero-order valence-electron chi connectivity index (χ0n) is 7.87. The fourth-order valence-electron chi connectivity index (χ4n) is 0.998. The number of rotatable bonds is 3. The maximum absolute atomic E-state index is 11.5. The molecule has 0 fully saturated rings. The van der Waals surface area contributed by atoms with Gasteiger partial charge in [-0.2, -0.15) is 0 Å². The van der Waals surface area contributed by atoms with Crippen LogP contribution in [0.5, 0.6) is 0 Å². The standard InChI is InChI=1S/C8H13NO3S/c1-6(2)9-13(10,11)8-7(3)4-5-12-8/h4-6,9H,1-3H3. The van der Waals surface area contributed by atoms with Gasteiger partial charge in [-0.25, -0.2) is 13.1 Å². The minimum Gasteiger partial charge on any atom is -0.451 e. The van der Waals surface area contributed by atoms with Gasteiger partial charge < -0.3 is 4.42 Å². The van der Waals surface area contributed by atoms with Gasteiger partial charge in [-0.05, 0) is 26.8 Å². The molecule has 1 N–H and O–H groups in total. The molecule has 0 aromatic carbocycles. The van der Waals surface area contributed by atoms with Gasteiger partial charge in [0.15, 0.2) is 0 Å². The molecule has 0 radical (unpaired) electrons. The highest BCUT2D eigenvalue weighted by molar-refractivity contribution is 7.89. The first-order valence-electron chi connectivity index (χ1n) is 4.00. The second kappa shape index (κ2) is 3.51. The summed E-state index contributed by atoms with van der Waals surface area (Å²) in [6, 6.07) is 1.49. The molecule has 0 saturated carbocycles. The van der Waals surface area contributed by atoms with Gasteiger partial charge in [0.25, 0.3) is 10.0 Å². The summed E-state index contributed by atoms with van der Waals surface area (Å²) < 4.78 is 30.4. The number of sulfonamides is 1. The van der Waals surface area contributed by atoms with E-state index in [4.69, 9.17) is 4.42 Å². The highest BCUT2D eigenvalue weighted by Crippen LogP contribution is 2.15. The van der Waals surface area contributed by atoms with Crippen LogP contribution in [0.3, 0.4) is 0 Å². The summed E-state index contributed by atoms with van der Waals surface area (Å²) in [5, 5.41) is 0.00111. The predicted molar refractivity (Wildman–Crippen MR) is 48.9 cm³/mol. The third kappa shape index (κ3) is 2.32. The van der Waals surface area contributed by atoms with Crippen molar-refractivity contribution < 1.29 is 12.8 Å². The van der Waals surface area contributed by atoms with E-state index in [1.54, 1.807) is 26.8 Å². The van der Waals surface area contributed by atoms with Crippen molar-refractivity contribution in [1.29, 1.82) is 0 Å². The Labute approximate surface area is 78.0 Å². The minimum atomic E-state index is -3.46. The van der Waals surface area contributed by atoms with Crippen LogP contribution in [0.15, 0.2) is 21.8 Å². The third-order valence-electron chi connectivity index (χ3n) is 1.45. The average molecular weight is 203 g/mol. The molecule has 0 amide bonds. The molecule has 0 saturated heterocycles. The van der Waals surface area contributed by atoms with E-state index in [-0.39, 0.29) is 11.1 Å². The molecule has 0 unspecified atom stereocenters. The molecule has 0 atom stereocenters. The Morgan fingerprint density at radius 3 is 2.46 bits per heavy atom. The molecule has 0 aliphatic heterocycles. The van der Waals surface area contributed by atoms with E-state index in [1.165, 1.54) is 6.26 Å². The van der Waals surface area contributed by atoms with Crippen molar-refractivity contribution >= 4 is 10.0 Å². The monoisotopic (exact) mass is 203 g/mol. The fourth-order valence-corrected chi connectivity index (χ4v) is 2.40. The van der Waals surface area contributed by atoms with E-state index in [0.717, 1.165) is 0 Å². The van der Waals surface area contributed by atoms with Crippen LogP contribution in [-0.4, -0.2) is 14.5 Å². The first-order valence-corrected chi connectivity index (χ1v) is 5.48. The van der Waals surface area contributed by atoms with Gasteiger partial charge in [0.2, 0.25) is 5.09 Å². The Balaban J connectivity index is 3.02. The lowest BCUT2D eigenvalue weighted by Crippen LogP contribution is -2.30. The molecular formula is C8H13NO3S. The fraction of sp³-hybridized carbons (Fsp3) is 0.500. The summed E-state index contributed by atoms with van der Waals surface area (Å²) in [6.07, 6.45) is 1.37. The van der Waals surface area contributed by atoms with Gasteiger partial charge in [0.1, 0.15) is 0 Å². The van der Waals surface area contributed by atoms with Gasteiger partial charge in [-0.3, -0.25) is 0 Å². The van der Waals surface area contributed by atoms with E-state index in [9.17, 15) is 8.42 Å². The van der Waals surface area contributed by atoms with Crippen LogP contribution < -0.4 is 4.72 Å². The molecule has 74 valence electrons. The average Bonchev–Trinajstić information content (AvgIpc) is 2.32. The smallest absolute Gasteiger partial charge is 0.274 e. The van der Waals surface area contributed by atoms with Crippen molar-refractivity contribution in [3.63, 3.8) is 0 Å². The van der Waals surface area contributed by atoms with Crippen LogP contribution in [0.25, 0.3) is 0 Å². The largest absolute Gasteiger partial charge is 0.451 e. The van der Waals surface area contributed by atoms with Crippen molar-refractivity contribution in [2.45, 2.75) is 31.9 Å². The third-order valence-corrected chi connectivity index (χ3v) is 3.14. The summed E-state index contributed by atoms with van der Waals surface area (Å²) in [4.78, 5) is 0. The highest BCUT2D eigenvalue weighted by Gasteiger charge is 2.20. The molecular weight excluding hydrogens is 190 g/mol. The summed E-state index contributed by atoms with van der Waals surface area (Å²) >= 11 is 0. The Kier molecular flexibility index (Phi) is 2.77. The van der Waals surface area contributed by atoms with E-state index in [1.807, 2.05) is 0 Å². The predicted octanol–water partition coefficient (Wildman–Crippen LogP) is 1.27. The zero-order valence-corrected chi connectivity index (χ0v) is 8.68. The molecule has 1 rings (SSSR count). The molecule has 13 heavy (non-hydrogen) atoms. The summed E-state index contributed by atoms with van der Waals surface area (Å²) in [7, 11) is -3.46. The lowest BCUT2D eigenvalue weighted by Gasteiger charge is -2.07. The summed E-state index contributed by atoms with van der Waals surface area (Å²) in [5.74, 6) is 0.